The fourth-order valence-corrected chi connectivity index (χ4v) is 3.56. The molecule has 2 atom stereocenters. The van der Waals surface area contributed by atoms with Crippen molar-refractivity contribution in [3.05, 3.63) is 54.2 Å². The lowest BCUT2D eigenvalue weighted by atomic mass is 9.96. The molecule has 2 unspecified atom stereocenters. The van der Waals surface area contributed by atoms with E-state index in [1.807, 2.05) is 53.4 Å². The molecule has 6 nitrogen and oxygen atoms in total. The Bertz CT molecular complexity index is 1020. The maximum atomic E-state index is 9.94. The molecule has 2 N–H and O–H groups in total. The van der Waals surface area contributed by atoms with Crippen molar-refractivity contribution in [2.24, 2.45) is 0 Å². The average Bonchev–Trinajstić information content (AvgIpc) is 3.05. The van der Waals surface area contributed by atoms with Gasteiger partial charge in [-0.3, -0.25) is 0 Å². The van der Waals surface area contributed by atoms with Crippen LogP contribution in [0.1, 0.15) is 5.69 Å². The summed E-state index contributed by atoms with van der Waals surface area (Å²) in [5.41, 5.74) is 1.94. The third kappa shape index (κ3) is 2.97. The number of hydrogen-bond donors (Lipinski definition) is 2. The highest BCUT2D eigenvalue weighted by Gasteiger charge is 2.32. The van der Waals surface area contributed by atoms with Crippen LogP contribution >= 0.6 is 0 Å². The second kappa shape index (κ2) is 6.88. The van der Waals surface area contributed by atoms with Crippen molar-refractivity contribution in [3.8, 4) is 22.9 Å². The molecule has 4 rings (SSSR count). The van der Waals surface area contributed by atoms with Crippen LogP contribution in [-0.2, 0) is 0 Å². The first-order valence-corrected chi connectivity index (χ1v) is 8.70. The van der Waals surface area contributed by atoms with E-state index in [9.17, 15) is 15.5 Å². The fourth-order valence-electron chi connectivity index (χ4n) is 3.56. The summed E-state index contributed by atoms with van der Waals surface area (Å²) in [6.07, 6.45) is -1.67. The zero-order valence-corrected chi connectivity index (χ0v) is 14.8. The molecule has 1 aliphatic heterocycles. The Morgan fingerprint density at radius 3 is 2.41 bits per heavy atom. The molecule has 1 aliphatic rings. The number of ether oxygens (including phenoxy) is 1. The summed E-state index contributed by atoms with van der Waals surface area (Å²) >= 11 is 0. The minimum atomic E-state index is -0.834. The number of benzene rings is 2. The summed E-state index contributed by atoms with van der Waals surface area (Å²) in [7, 11) is 1.60. The third-order valence-electron chi connectivity index (χ3n) is 4.92. The van der Waals surface area contributed by atoms with Gasteiger partial charge in [0.1, 0.15) is 17.6 Å². The van der Waals surface area contributed by atoms with Crippen molar-refractivity contribution in [3.63, 3.8) is 0 Å². The van der Waals surface area contributed by atoms with Crippen LogP contribution in [0.4, 0.5) is 5.82 Å². The van der Waals surface area contributed by atoms with Crippen LogP contribution in [0.15, 0.2) is 48.5 Å². The third-order valence-corrected chi connectivity index (χ3v) is 4.92. The smallest absolute Gasteiger partial charge is 0.151 e. The van der Waals surface area contributed by atoms with E-state index >= 15 is 0 Å². The van der Waals surface area contributed by atoms with E-state index in [2.05, 4.69) is 11.1 Å². The van der Waals surface area contributed by atoms with Crippen LogP contribution in [0.2, 0.25) is 0 Å². The summed E-state index contributed by atoms with van der Waals surface area (Å²) in [4.78, 5) is 6.42. The number of methoxy groups -OCH3 is 1. The molecule has 3 aromatic rings. The van der Waals surface area contributed by atoms with Gasteiger partial charge in [0.2, 0.25) is 0 Å². The van der Waals surface area contributed by atoms with Crippen molar-refractivity contribution in [1.82, 2.24) is 4.98 Å². The first kappa shape index (κ1) is 17.3. The van der Waals surface area contributed by atoms with Gasteiger partial charge in [0.25, 0.3) is 0 Å². The van der Waals surface area contributed by atoms with Gasteiger partial charge in [-0.25, -0.2) is 4.98 Å². The van der Waals surface area contributed by atoms with Crippen LogP contribution in [0.25, 0.3) is 21.9 Å². The molecule has 2 aromatic carbocycles. The van der Waals surface area contributed by atoms with Gasteiger partial charge in [0, 0.05) is 24.0 Å². The predicted octanol–water partition coefficient (Wildman–Crippen LogP) is 2.32. The van der Waals surface area contributed by atoms with Crippen molar-refractivity contribution >= 4 is 16.6 Å². The molecule has 27 heavy (non-hydrogen) atoms. The monoisotopic (exact) mass is 361 g/mol. The Kier molecular flexibility index (Phi) is 4.40. The summed E-state index contributed by atoms with van der Waals surface area (Å²) in [5.74, 6) is 1.27. The van der Waals surface area contributed by atoms with E-state index in [1.165, 1.54) is 0 Å². The molecule has 0 bridgehead atoms. The van der Waals surface area contributed by atoms with Crippen molar-refractivity contribution < 1.29 is 14.9 Å². The highest BCUT2D eigenvalue weighted by molar-refractivity contribution is 6.04. The average molecular weight is 361 g/mol. The van der Waals surface area contributed by atoms with Gasteiger partial charge >= 0.3 is 0 Å². The topological polar surface area (TPSA) is 89.6 Å². The number of nitriles is 1. The number of hydrogen-bond acceptors (Lipinski definition) is 6. The SMILES string of the molecule is COc1ccc2c(N3CC(O)C(O)C3)nc(C#N)c(-c3ccccc3)c2c1. The number of aliphatic hydroxyl groups excluding tert-OH is 2. The lowest BCUT2D eigenvalue weighted by Gasteiger charge is -2.21. The summed E-state index contributed by atoms with van der Waals surface area (Å²) < 4.78 is 5.39. The minimum Gasteiger partial charge on any atom is -0.497 e. The largest absolute Gasteiger partial charge is 0.497 e. The molecule has 1 saturated heterocycles. The van der Waals surface area contributed by atoms with E-state index in [4.69, 9.17) is 4.74 Å². The van der Waals surface area contributed by atoms with Gasteiger partial charge in [-0.2, -0.15) is 5.26 Å². The molecule has 0 saturated carbocycles. The fraction of sp³-hybridized carbons (Fsp3) is 0.238. The second-order valence-corrected chi connectivity index (χ2v) is 6.59. The number of rotatable bonds is 3. The standard InChI is InChI=1S/C21H19N3O3/c1-27-14-7-8-15-16(9-14)20(13-5-3-2-4-6-13)17(10-22)23-21(15)24-11-18(25)19(26)12-24/h2-9,18-19,25-26H,11-12H2,1H3. The Labute approximate surface area is 156 Å². The molecule has 1 aromatic heterocycles. The van der Waals surface area contributed by atoms with Crippen LogP contribution in [0, 0.1) is 11.3 Å². The Morgan fingerprint density at radius 2 is 1.78 bits per heavy atom. The second-order valence-electron chi connectivity index (χ2n) is 6.59. The Hall–Kier alpha value is -3.14. The number of aliphatic hydroxyl groups is 2. The summed E-state index contributed by atoms with van der Waals surface area (Å²) in [6, 6.07) is 17.5. The lowest BCUT2D eigenvalue weighted by molar-refractivity contribution is 0.0572. The molecule has 0 amide bonds. The van der Waals surface area contributed by atoms with Crippen LogP contribution in [0.3, 0.4) is 0 Å². The van der Waals surface area contributed by atoms with E-state index in [0.717, 1.165) is 21.9 Å². The molecular formula is C21H19N3O3. The number of anilines is 1. The molecule has 136 valence electrons. The van der Waals surface area contributed by atoms with Gasteiger partial charge < -0.3 is 19.8 Å². The quantitative estimate of drug-likeness (QED) is 0.744. The van der Waals surface area contributed by atoms with Crippen LogP contribution in [-0.4, -0.2) is 47.6 Å². The zero-order valence-electron chi connectivity index (χ0n) is 14.8. The van der Waals surface area contributed by atoms with Crippen LogP contribution < -0.4 is 9.64 Å². The maximum absolute atomic E-state index is 9.94. The van der Waals surface area contributed by atoms with E-state index < -0.39 is 12.2 Å². The number of fused-ring (bicyclic) bond motifs is 1. The van der Waals surface area contributed by atoms with Gasteiger partial charge in [-0.1, -0.05) is 30.3 Å². The molecule has 2 heterocycles. The van der Waals surface area contributed by atoms with Crippen molar-refractivity contribution in [1.29, 1.82) is 5.26 Å². The summed E-state index contributed by atoms with van der Waals surface area (Å²) in [5, 5.41) is 31.3. The lowest BCUT2D eigenvalue weighted by Crippen LogP contribution is -2.23. The van der Waals surface area contributed by atoms with Gasteiger partial charge in [-0.05, 0) is 29.1 Å². The maximum Gasteiger partial charge on any atom is 0.151 e. The van der Waals surface area contributed by atoms with Gasteiger partial charge in [-0.15, -0.1) is 0 Å². The van der Waals surface area contributed by atoms with Crippen LogP contribution in [0.5, 0.6) is 5.75 Å². The number of nitrogens with zero attached hydrogens (tertiary/aromatic N) is 3. The first-order chi connectivity index (χ1) is 13.1. The molecule has 0 aliphatic carbocycles. The minimum absolute atomic E-state index is 0.269. The molecular weight excluding hydrogens is 342 g/mol. The molecule has 6 heteroatoms. The van der Waals surface area contributed by atoms with E-state index in [-0.39, 0.29) is 13.1 Å². The molecule has 0 radical (unpaired) electrons. The predicted molar refractivity (Wildman–Crippen MR) is 103 cm³/mol. The van der Waals surface area contributed by atoms with E-state index in [1.54, 1.807) is 7.11 Å². The van der Waals surface area contributed by atoms with Crippen molar-refractivity contribution in [2.75, 3.05) is 25.1 Å². The number of β-amino-alcohol motifs (C(OH)–C–C–N with tert-alkyl or cyclic N) is 2. The highest BCUT2D eigenvalue weighted by atomic mass is 16.5. The highest BCUT2D eigenvalue weighted by Crippen LogP contribution is 2.38. The number of pyridine rings is 1. The Morgan fingerprint density at radius 1 is 1.07 bits per heavy atom. The number of aromatic nitrogens is 1. The normalized spacial score (nSPS) is 19.3. The van der Waals surface area contributed by atoms with Gasteiger partial charge in [0.15, 0.2) is 5.69 Å². The zero-order chi connectivity index (χ0) is 19.0. The van der Waals surface area contributed by atoms with Gasteiger partial charge in [0.05, 0.1) is 19.3 Å². The summed E-state index contributed by atoms with van der Waals surface area (Å²) in [6.45, 7) is 0.537. The van der Waals surface area contributed by atoms with Crippen molar-refractivity contribution in [2.45, 2.75) is 12.2 Å². The Balaban J connectivity index is 2.01. The first-order valence-electron chi connectivity index (χ1n) is 8.70. The van der Waals surface area contributed by atoms with E-state index in [0.29, 0.717) is 17.3 Å². The molecule has 1 fully saturated rings. The molecule has 0 spiro atoms.